The molecule has 6 heteroatoms. The fraction of sp³-hybridized carbons (Fsp3) is 0.600. The molecule has 0 radical (unpaired) electrons. The van der Waals surface area contributed by atoms with E-state index in [4.69, 9.17) is 4.42 Å². The Hall–Kier alpha value is -1.40. The zero-order valence-corrected chi connectivity index (χ0v) is 14.2. The number of likely N-dealkylation sites (N-methyl/N-ethyl adjacent to an activating group) is 1. The third-order valence-corrected chi connectivity index (χ3v) is 4.16. The number of nitrogens with one attached hydrogen (secondary N) is 1. The first-order valence-corrected chi connectivity index (χ1v) is 8.06. The molecule has 1 atom stereocenters. The first-order valence-electron chi connectivity index (χ1n) is 7.18. The van der Waals surface area contributed by atoms with E-state index in [2.05, 4.69) is 60.7 Å². The lowest BCUT2D eigenvalue weighted by atomic mass is 10.1. The quantitative estimate of drug-likeness (QED) is 0.888. The summed E-state index contributed by atoms with van der Waals surface area (Å²) in [5, 5.41) is 13.7. The molecule has 0 saturated carbocycles. The summed E-state index contributed by atoms with van der Waals surface area (Å²) in [6.45, 7) is 9.08. The molecular weight excluding hydrogens is 284 g/mol. The number of anilines is 1. The van der Waals surface area contributed by atoms with Gasteiger partial charge in [-0.25, -0.2) is 0 Å². The van der Waals surface area contributed by atoms with Crippen molar-refractivity contribution in [2.75, 3.05) is 11.9 Å². The maximum absolute atomic E-state index is 5.73. The molecule has 116 valence electrons. The van der Waals surface area contributed by atoms with Crippen LogP contribution in [0.1, 0.15) is 38.5 Å². The molecule has 0 saturated heterocycles. The van der Waals surface area contributed by atoms with E-state index < -0.39 is 0 Å². The Morgan fingerprint density at radius 3 is 2.76 bits per heavy atom. The average Bonchev–Trinajstić information content (AvgIpc) is 3.05. The number of rotatable bonds is 6. The average molecular weight is 308 g/mol. The van der Waals surface area contributed by atoms with Gasteiger partial charge in [-0.15, -0.1) is 16.4 Å². The molecular formula is C15H24N4OS. The van der Waals surface area contributed by atoms with E-state index in [0.717, 1.165) is 6.42 Å². The van der Waals surface area contributed by atoms with Gasteiger partial charge in [0.2, 0.25) is 5.89 Å². The second kappa shape index (κ2) is 6.58. The summed E-state index contributed by atoms with van der Waals surface area (Å²) < 4.78 is 5.73. The number of aromatic nitrogens is 2. The minimum absolute atomic E-state index is 0.0347. The Morgan fingerprint density at radius 1 is 1.38 bits per heavy atom. The summed E-state index contributed by atoms with van der Waals surface area (Å²) in [7, 11) is 1.99. The predicted molar refractivity (Wildman–Crippen MR) is 86.8 cm³/mol. The Labute approximate surface area is 130 Å². The van der Waals surface area contributed by atoms with Crippen LogP contribution < -0.4 is 10.2 Å². The smallest absolute Gasteiger partial charge is 0.318 e. The van der Waals surface area contributed by atoms with E-state index in [-0.39, 0.29) is 5.54 Å². The van der Waals surface area contributed by atoms with Crippen LogP contribution in [0.25, 0.3) is 0 Å². The first-order chi connectivity index (χ1) is 9.85. The molecule has 2 aromatic rings. The lowest BCUT2D eigenvalue weighted by Crippen LogP contribution is -2.35. The molecule has 0 amide bonds. The first kappa shape index (κ1) is 16.0. The van der Waals surface area contributed by atoms with E-state index >= 15 is 0 Å². The number of hydrogen-bond acceptors (Lipinski definition) is 6. The van der Waals surface area contributed by atoms with Gasteiger partial charge in [0.05, 0.1) is 6.54 Å². The van der Waals surface area contributed by atoms with Crippen molar-refractivity contribution in [3.05, 3.63) is 28.3 Å². The van der Waals surface area contributed by atoms with E-state index in [1.165, 1.54) is 4.88 Å². The van der Waals surface area contributed by atoms with Crippen LogP contribution in [-0.4, -0.2) is 28.8 Å². The molecule has 0 aliphatic carbocycles. The van der Waals surface area contributed by atoms with Crippen LogP contribution in [0.5, 0.6) is 0 Å². The van der Waals surface area contributed by atoms with Gasteiger partial charge in [-0.2, -0.15) is 0 Å². The van der Waals surface area contributed by atoms with Gasteiger partial charge in [-0.1, -0.05) is 11.2 Å². The molecule has 2 aromatic heterocycles. The molecule has 1 N–H and O–H groups in total. The minimum atomic E-state index is 0.0347. The van der Waals surface area contributed by atoms with Crippen molar-refractivity contribution in [3.8, 4) is 0 Å². The van der Waals surface area contributed by atoms with E-state index in [9.17, 15) is 0 Å². The molecule has 0 aliphatic rings. The summed E-state index contributed by atoms with van der Waals surface area (Å²) in [5.41, 5.74) is 0.0347. The van der Waals surface area contributed by atoms with Crippen LogP contribution in [-0.2, 0) is 13.0 Å². The fourth-order valence-electron chi connectivity index (χ4n) is 1.84. The van der Waals surface area contributed by atoms with Gasteiger partial charge in [0.1, 0.15) is 0 Å². The van der Waals surface area contributed by atoms with Crippen LogP contribution in [0.15, 0.2) is 21.9 Å². The van der Waals surface area contributed by atoms with Crippen LogP contribution in [0.4, 0.5) is 6.01 Å². The molecule has 0 spiro atoms. The monoisotopic (exact) mass is 308 g/mol. The summed E-state index contributed by atoms with van der Waals surface area (Å²) in [6, 6.07) is 5.12. The van der Waals surface area contributed by atoms with E-state index in [1.807, 2.05) is 11.9 Å². The van der Waals surface area contributed by atoms with Crippen molar-refractivity contribution in [3.63, 3.8) is 0 Å². The molecule has 0 aliphatic heterocycles. The third-order valence-electron chi connectivity index (χ3n) is 3.27. The van der Waals surface area contributed by atoms with E-state index in [1.54, 1.807) is 11.3 Å². The predicted octanol–water partition coefficient (Wildman–Crippen LogP) is 3.09. The highest BCUT2D eigenvalue weighted by Crippen LogP contribution is 2.18. The van der Waals surface area contributed by atoms with Gasteiger partial charge in [0.15, 0.2) is 0 Å². The molecule has 2 heterocycles. The molecule has 0 bridgehead atoms. The van der Waals surface area contributed by atoms with Crippen molar-refractivity contribution in [2.24, 2.45) is 0 Å². The Bertz CT molecular complexity index is 544. The fourth-order valence-corrected chi connectivity index (χ4v) is 2.67. The van der Waals surface area contributed by atoms with Crippen LogP contribution in [0.2, 0.25) is 0 Å². The lowest BCUT2D eigenvalue weighted by Gasteiger charge is -2.22. The largest absolute Gasteiger partial charge is 0.407 e. The van der Waals surface area contributed by atoms with Crippen molar-refractivity contribution in [2.45, 2.75) is 52.2 Å². The van der Waals surface area contributed by atoms with Gasteiger partial charge in [-0.3, -0.25) is 0 Å². The zero-order chi connectivity index (χ0) is 15.5. The number of thiophene rings is 1. The van der Waals surface area contributed by atoms with Crippen molar-refractivity contribution < 1.29 is 4.42 Å². The van der Waals surface area contributed by atoms with Crippen molar-refractivity contribution in [1.82, 2.24) is 15.5 Å². The summed E-state index contributed by atoms with van der Waals surface area (Å²) in [5.74, 6) is 0.620. The van der Waals surface area contributed by atoms with Crippen molar-refractivity contribution in [1.29, 1.82) is 0 Å². The molecule has 0 aromatic carbocycles. The zero-order valence-electron chi connectivity index (χ0n) is 13.4. The van der Waals surface area contributed by atoms with Gasteiger partial charge in [0.25, 0.3) is 0 Å². The minimum Gasteiger partial charge on any atom is -0.407 e. The standard InChI is InChI=1S/C15H24N4OS/c1-11(9-12-7-6-8-21-12)19(5)14-18-17-13(20-14)10-16-15(2,3)4/h6-8,11,16H,9-10H2,1-5H3. The number of nitrogens with zero attached hydrogens (tertiary/aromatic N) is 3. The lowest BCUT2D eigenvalue weighted by molar-refractivity contribution is 0.380. The highest BCUT2D eigenvalue weighted by Gasteiger charge is 2.18. The molecule has 0 fully saturated rings. The summed E-state index contributed by atoms with van der Waals surface area (Å²) in [6.07, 6.45) is 0.978. The Balaban J connectivity index is 1.93. The van der Waals surface area contributed by atoms with Gasteiger partial charge >= 0.3 is 6.01 Å². The SMILES string of the molecule is CC(Cc1cccs1)N(C)c1nnc(CNC(C)(C)C)o1. The van der Waals surface area contributed by atoms with Crippen LogP contribution in [0.3, 0.4) is 0 Å². The van der Waals surface area contributed by atoms with Gasteiger partial charge in [0, 0.05) is 29.9 Å². The highest BCUT2D eigenvalue weighted by atomic mass is 32.1. The van der Waals surface area contributed by atoms with E-state index in [0.29, 0.717) is 24.5 Å². The van der Waals surface area contributed by atoms with Crippen LogP contribution >= 0.6 is 11.3 Å². The Morgan fingerprint density at radius 2 is 2.14 bits per heavy atom. The third kappa shape index (κ3) is 4.82. The summed E-state index contributed by atoms with van der Waals surface area (Å²) >= 11 is 1.78. The second-order valence-corrected chi connectivity index (χ2v) is 7.36. The maximum atomic E-state index is 5.73. The van der Waals surface area contributed by atoms with Gasteiger partial charge < -0.3 is 14.6 Å². The molecule has 1 unspecified atom stereocenters. The number of hydrogen-bond donors (Lipinski definition) is 1. The molecule has 5 nitrogen and oxygen atoms in total. The normalized spacial score (nSPS) is 13.4. The van der Waals surface area contributed by atoms with Crippen molar-refractivity contribution >= 4 is 17.4 Å². The van der Waals surface area contributed by atoms with Gasteiger partial charge in [-0.05, 0) is 39.1 Å². The maximum Gasteiger partial charge on any atom is 0.318 e. The Kier molecular flexibility index (Phi) is 5.00. The van der Waals surface area contributed by atoms with Crippen LogP contribution in [0, 0.1) is 0 Å². The summed E-state index contributed by atoms with van der Waals surface area (Å²) in [4.78, 5) is 3.40. The topological polar surface area (TPSA) is 54.2 Å². The molecule has 21 heavy (non-hydrogen) atoms. The molecule has 2 rings (SSSR count). The second-order valence-electron chi connectivity index (χ2n) is 6.33. The highest BCUT2D eigenvalue weighted by molar-refractivity contribution is 7.09.